The summed E-state index contributed by atoms with van der Waals surface area (Å²) in [7, 11) is 1.86. The Hall–Kier alpha value is -0.380. The molecule has 0 amide bonds. The molecule has 0 spiro atoms. The van der Waals surface area contributed by atoms with Crippen LogP contribution in [-0.2, 0) is 11.2 Å². The molecule has 0 unspecified atom stereocenters. The smallest absolute Gasteiger partial charge is 0.191 e. The fraction of sp³-hybridized carbons (Fsp3) is 0.737. The Morgan fingerprint density at radius 2 is 2.00 bits per heavy atom. The highest BCUT2D eigenvalue weighted by Gasteiger charge is 2.38. The van der Waals surface area contributed by atoms with Gasteiger partial charge in [0.2, 0.25) is 0 Å². The molecule has 0 aromatic carbocycles. The van der Waals surface area contributed by atoms with Gasteiger partial charge in [0.15, 0.2) is 5.96 Å². The molecule has 1 aliphatic heterocycles. The lowest BCUT2D eigenvalue weighted by atomic mass is 9.80. The topological polar surface area (TPSA) is 48.9 Å². The average Bonchev–Trinajstić information content (AvgIpc) is 3.19. The van der Waals surface area contributed by atoms with Crippen molar-refractivity contribution in [2.45, 2.75) is 44.1 Å². The fourth-order valence-electron chi connectivity index (χ4n) is 4.08. The van der Waals surface area contributed by atoms with Gasteiger partial charge in [-0.15, -0.1) is 35.3 Å². The monoisotopic (exact) mass is 492 g/mol. The molecule has 0 atom stereocenters. The molecule has 2 aliphatic rings. The molecule has 1 aliphatic carbocycles. The number of nitrogens with zero attached hydrogens (tertiary/aromatic N) is 2. The van der Waals surface area contributed by atoms with E-state index in [-0.39, 0.29) is 29.5 Å². The van der Waals surface area contributed by atoms with Crippen molar-refractivity contribution in [3.63, 3.8) is 0 Å². The number of aliphatic imine (C=N–C) groups is 1. The number of hydrogen-bond acceptors (Lipinski definition) is 4. The van der Waals surface area contributed by atoms with Gasteiger partial charge in [0, 0.05) is 43.6 Å². The minimum Gasteiger partial charge on any atom is -0.379 e. The lowest BCUT2D eigenvalue weighted by Crippen LogP contribution is -2.60. The molecule has 2 heterocycles. The van der Waals surface area contributed by atoms with E-state index in [4.69, 9.17) is 4.74 Å². The van der Waals surface area contributed by atoms with Gasteiger partial charge >= 0.3 is 0 Å². The van der Waals surface area contributed by atoms with Crippen LogP contribution in [0.15, 0.2) is 22.5 Å². The van der Waals surface area contributed by atoms with Gasteiger partial charge in [0.05, 0.1) is 13.2 Å². The summed E-state index contributed by atoms with van der Waals surface area (Å²) in [5.74, 6) is 0.926. The van der Waals surface area contributed by atoms with Crippen LogP contribution in [0.25, 0.3) is 0 Å². The first-order chi connectivity index (χ1) is 12.3. The van der Waals surface area contributed by atoms with E-state index < -0.39 is 0 Å². The Morgan fingerprint density at radius 3 is 2.65 bits per heavy atom. The number of thiophene rings is 1. The summed E-state index contributed by atoms with van der Waals surface area (Å²) in [4.78, 5) is 8.51. The molecule has 3 rings (SSSR count). The van der Waals surface area contributed by atoms with E-state index in [0.717, 1.165) is 51.8 Å². The third kappa shape index (κ3) is 6.07. The quantitative estimate of drug-likeness (QED) is 0.364. The Bertz CT molecular complexity index is 526. The largest absolute Gasteiger partial charge is 0.379 e. The third-order valence-electron chi connectivity index (χ3n) is 5.52. The average molecular weight is 492 g/mol. The summed E-state index contributed by atoms with van der Waals surface area (Å²) in [5, 5.41) is 9.22. The van der Waals surface area contributed by atoms with E-state index >= 15 is 0 Å². The third-order valence-corrected chi connectivity index (χ3v) is 6.45. The zero-order valence-electron chi connectivity index (χ0n) is 15.8. The van der Waals surface area contributed by atoms with E-state index in [0.29, 0.717) is 0 Å². The predicted octanol–water partition coefficient (Wildman–Crippen LogP) is 3.11. The predicted molar refractivity (Wildman–Crippen MR) is 121 cm³/mol. The van der Waals surface area contributed by atoms with Gasteiger partial charge in [-0.2, -0.15) is 0 Å². The summed E-state index contributed by atoms with van der Waals surface area (Å²) in [6.07, 6.45) is 7.66. The van der Waals surface area contributed by atoms with Crippen LogP contribution in [0.5, 0.6) is 0 Å². The first-order valence-corrected chi connectivity index (χ1v) is 10.5. The second-order valence-corrected chi connectivity index (χ2v) is 8.10. The summed E-state index contributed by atoms with van der Waals surface area (Å²) in [5.41, 5.74) is 0.271. The number of nitrogens with one attached hydrogen (secondary N) is 2. The molecule has 1 saturated heterocycles. The Balaban J connectivity index is 0.00000243. The zero-order valence-corrected chi connectivity index (χ0v) is 19.0. The van der Waals surface area contributed by atoms with E-state index in [9.17, 15) is 0 Å². The van der Waals surface area contributed by atoms with Gasteiger partial charge < -0.3 is 15.4 Å². The lowest BCUT2D eigenvalue weighted by molar-refractivity contribution is -0.0352. The number of ether oxygens (including phenoxy) is 1. The van der Waals surface area contributed by atoms with Crippen molar-refractivity contribution < 1.29 is 4.74 Å². The molecule has 0 radical (unpaired) electrons. The standard InChI is InChI=1S/C19H32N4OS.HI/c1-20-18(21-10-7-17-6-5-15-25-17)22-16-19(8-3-2-4-9-19)23-11-13-24-14-12-23;/h5-6,15H,2-4,7-14,16H2,1H3,(H2,20,21,22);1H. The van der Waals surface area contributed by atoms with Crippen molar-refractivity contribution >= 4 is 41.3 Å². The summed E-state index contributed by atoms with van der Waals surface area (Å²) >= 11 is 1.82. The second-order valence-electron chi connectivity index (χ2n) is 7.07. The van der Waals surface area contributed by atoms with Crippen molar-refractivity contribution in [3.05, 3.63) is 22.4 Å². The summed E-state index contributed by atoms with van der Waals surface area (Å²) in [6, 6.07) is 4.31. The van der Waals surface area contributed by atoms with Crippen LogP contribution in [0.4, 0.5) is 0 Å². The van der Waals surface area contributed by atoms with Crippen molar-refractivity contribution in [1.29, 1.82) is 0 Å². The second kappa shape index (κ2) is 11.5. The van der Waals surface area contributed by atoms with Crippen LogP contribution in [0.2, 0.25) is 0 Å². The molecular formula is C19H33IN4OS. The van der Waals surface area contributed by atoms with E-state index in [1.54, 1.807) is 0 Å². The molecule has 1 saturated carbocycles. The molecule has 0 bridgehead atoms. The SMILES string of the molecule is CN=C(NCCc1cccs1)NCC1(N2CCOCC2)CCCCC1.I. The molecule has 5 nitrogen and oxygen atoms in total. The normalized spacial score (nSPS) is 21.0. The number of hydrogen-bond donors (Lipinski definition) is 2. The highest BCUT2D eigenvalue weighted by atomic mass is 127. The van der Waals surface area contributed by atoms with Gasteiger partial charge in [-0.1, -0.05) is 25.3 Å². The number of morpholine rings is 1. The van der Waals surface area contributed by atoms with Gasteiger partial charge in [-0.25, -0.2) is 0 Å². The van der Waals surface area contributed by atoms with E-state index in [1.807, 2.05) is 18.4 Å². The zero-order chi connectivity index (χ0) is 17.4. The van der Waals surface area contributed by atoms with Crippen LogP contribution in [0.1, 0.15) is 37.0 Å². The molecule has 2 fully saturated rings. The maximum absolute atomic E-state index is 5.57. The minimum absolute atomic E-state index is 0. The van der Waals surface area contributed by atoms with Crippen LogP contribution in [0, 0.1) is 0 Å². The van der Waals surface area contributed by atoms with E-state index in [2.05, 4.69) is 38.0 Å². The summed E-state index contributed by atoms with van der Waals surface area (Å²) < 4.78 is 5.57. The molecule has 1 aromatic rings. The minimum atomic E-state index is 0. The van der Waals surface area contributed by atoms with Gasteiger partial charge in [0.25, 0.3) is 0 Å². The maximum atomic E-state index is 5.57. The van der Waals surface area contributed by atoms with Crippen LogP contribution < -0.4 is 10.6 Å². The number of halogens is 1. The van der Waals surface area contributed by atoms with Crippen molar-refractivity contribution in [1.82, 2.24) is 15.5 Å². The summed E-state index contributed by atoms with van der Waals surface area (Å²) in [6.45, 7) is 5.76. The maximum Gasteiger partial charge on any atom is 0.191 e. The van der Waals surface area contributed by atoms with Crippen LogP contribution in [0.3, 0.4) is 0 Å². The number of rotatable bonds is 6. The molecule has 26 heavy (non-hydrogen) atoms. The molecule has 1 aromatic heterocycles. The fourth-order valence-corrected chi connectivity index (χ4v) is 4.79. The first kappa shape index (κ1) is 21.9. The lowest BCUT2D eigenvalue weighted by Gasteiger charge is -2.48. The molecule has 2 N–H and O–H groups in total. The highest BCUT2D eigenvalue weighted by Crippen LogP contribution is 2.33. The Morgan fingerprint density at radius 1 is 1.23 bits per heavy atom. The number of guanidine groups is 1. The van der Waals surface area contributed by atoms with Gasteiger partial charge in [-0.05, 0) is 30.7 Å². The van der Waals surface area contributed by atoms with Gasteiger partial charge in [0.1, 0.15) is 0 Å². The van der Waals surface area contributed by atoms with Crippen molar-refractivity contribution in [3.8, 4) is 0 Å². The first-order valence-electron chi connectivity index (χ1n) is 9.62. The van der Waals surface area contributed by atoms with Crippen molar-refractivity contribution in [2.24, 2.45) is 4.99 Å². The Kier molecular flexibility index (Phi) is 9.66. The Labute approximate surface area is 179 Å². The highest BCUT2D eigenvalue weighted by molar-refractivity contribution is 14.0. The molecule has 148 valence electrons. The van der Waals surface area contributed by atoms with Crippen molar-refractivity contribution in [2.75, 3.05) is 46.4 Å². The van der Waals surface area contributed by atoms with Gasteiger partial charge in [-0.3, -0.25) is 9.89 Å². The van der Waals surface area contributed by atoms with E-state index in [1.165, 1.54) is 37.0 Å². The van der Waals surface area contributed by atoms with Crippen LogP contribution >= 0.6 is 35.3 Å². The van der Waals surface area contributed by atoms with Crippen LogP contribution in [-0.4, -0.2) is 62.8 Å². The molecule has 7 heteroatoms. The molecular weight excluding hydrogens is 459 g/mol.